The quantitative estimate of drug-likeness (QED) is 0.825. The Bertz CT molecular complexity index is 583. The lowest BCUT2D eigenvalue weighted by molar-refractivity contribution is 0.122. The lowest BCUT2D eigenvalue weighted by atomic mass is 10.1. The molecule has 2 heterocycles. The van der Waals surface area contributed by atoms with Crippen LogP contribution in [0, 0.1) is 6.92 Å². The van der Waals surface area contributed by atoms with E-state index in [9.17, 15) is 0 Å². The average molecular weight is 314 g/mol. The Morgan fingerprint density at radius 2 is 1.59 bits per heavy atom. The Hall–Kier alpha value is -1.16. The monoisotopic (exact) mass is 314 g/mol. The zero-order chi connectivity index (χ0) is 15.4. The third-order valence-corrected chi connectivity index (χ3v) is 5.65. The van der Waals surface area contributed by atoms with E-state index in [0.29, 0.717) is 0 Å². The number of thiophene rings is 1. The molecule has 2 nitrogen and oxygen atoms in total. The van der Waals surface area contributed by atoms with Gasteiger partial charge in [-0.3, -0.25) is 9.80 Å². The number of rotatable bonds is 5. The van der Waals surface area contributed by atoms with Crippen LogP contribution < -0.4 is 0 Å². The van der Waals surface area contributed by atoms with Crippen molar-refractivity contribution in [2.24, 2.45) is 0 Å². The van der Waals surface area contributed by atoms with Gasteiger partial charge in [0.15, 0.2) is 0 Å². The summed E-state index contributed by atoms with van der Waals surface area (Å²) in [6.45, 7) is 11.5. The van der Waals surface area contributed by atoms with Crippen LogP contribution in [0.5, 0.6) is 0 Å². The predicted molar refractivity (Wildman–Crippen MR) is 95.4 cm³/mol. The van der Waals surface area contributed by atoms with Crippen LogP contribution >= 0.6 is 11.3 Å². The molecule has 0 bridgehead atoms. The molecule has 0 amide bonds. The molecule has 1 saturated heterocycles. The molecule has 0 spiro atoms. The van der Waals surface area contributed by atoms with Crippen LogP contribution in [0.15, 0.2) is 35.7 Å². The van der Waals surface area contributed by atoms with Crippen LogP contribution in [0.1, 0.15) is 28.5 Å². The third kappa shape index (κ3) is 3.78. The zero-order valence-corrected chi connectivity index (χ0v) is 14.5. The van der Waals surface area contributed by atoms with Gasteiger partial charge in [0.1, 0.15) is 0 Å². The van der Waals surface area contributed by atoms with Crippen molar-refractivity contribution in [1.29, 1.82) is 0 Å². The van der Waals surface area contributed by atoms with Gasteiger partial charge >= 0.3 is 0 Å². The van der Waals surface area contributed by atoms with Crippen LogP contribution in [0.3, 0.4) is 0 Å². The minimum absolute atomic E-state index is 1.09. The Balaban J connectivity index is 1.51. The number of nitrogens with zero attached hydrogens (tertiary/aromatic N) is 2. The highest BCUT2D eigenvalue weighted by Gasteiger charge is 2.18. The van der Waals surface area contributed by atoms with Gasteiger partial charge in [-0.2, -0.15) is 0 Å². The van der Waals surface area contributed by atoms with E-state index >= 15 is 0 Å². The van der Waals surface area contributed by atoms with Crippen molar-refractivity contribution in [3.63, 3.8) is 0 Å². The molecule has 0 saturated carbocycles. The minimum Gasteiger partial charge on any atom is -0.297 e. The summed E-state index contributed by atoms with van der Waals surface area (Å²) in [7, 11) is 0. The lowest BCUT2D eigenvalue weighted by Crippen LogP contribution is -2.45. The second-order valence-electron chi connectivity index (χ2n) is 6.19. The predicted octanol–water partition coefficient (Wildman–Crippen LogP) is 3.94. The van der Waals surface area contributed by atoms with E-state index < -0.39 is 0 Å². The van der Waals surface area contributed by atoms with Crippen molar-refractivity contribution < 1.29 is 0 Å². The van der Waals surface area contributed by atoms with E-state index in [-0.39, 0.29) is 0 Å². The van der Waals surface area contributed by atoms with Gasteiger partial charge in [-0.1, -0.05) is 37.3 Å². The Kier molecular flexibility index (Phi) is 5.29. The first kappa shape index (κ1) is 15.7. The highest BCUT2D eigenvalue weighted by atomic mass is 32.1. The standard InChI is InChI=1S/C19H26N2S/c1-3-19-16(2)22-15-18(19)14-21-11-9-20(10-12-21)13-17-7-5-4-6-8-17/h4-8,15H,3,9-14H2,1-2H3. The number of aryl methyl sites for hydroxylation is 1. The largest absolute Gasteiger partial charge is 0.297 e. The van der Waals surface area contributed by atoms with Gasteiger partial charge in [-0.15, -0.1) is 11.3 Å². The topological polar surface area (TPSA) is 6.48 Å². The van der Waals surface area contributed by atoms with E-state index in [1.165, 1.54) is 43.0 Å². The maximum atomic E-state index is 2.61. The van der Waals surface area contributed by atoms with Crippen LogP contribution in [0.4, 0.5) is 0 Å². The van der Waals surface area contributed by atoms with Crippen molar-refractivity contribution >= 4 is 11.3 Å². The number of piperazine rings is 1. The molecule has 2 aromatic rings. The molecule has 0 atom stereocenters. The van der Waals surface area contributed by atoms with Gasteiger partial charge in [-0.05, 0) is 35.4 Å². The molecule has 0 aliphatic carbocycles. The van der Waals surface area contributed by atoms with E-state index in [2.05, 4.69) is 59.4 Å². The first-order valence-electron chi connectivity index (χ1n) is 8.30. The molecule has 1 fully saturated rings. The molecule has 0 unspecified atom stereocenters. The van der Waals surface area contributed by atoms with E-state index in [0.717, 1.165) is 13.1 Å². The fourth-order valence-electron chi connectivity index (χ4n) is 3.32. The van der Waals surface area contributed by atoms with Gasteiger partial charge < -0.3 is 0 Å². The van der Waals surface area contributed by atoms with Crippen molar-refractivity contribution in [2.45, 2.75) is 33.4 Å². The Labute approximate surface area is 138 Å². The number of hydrogen-bond acceptors (Lipinski definition) is 3. The summed E-state index contributed by atoms with van der Waals surface area (Å²) < 4.78 is 0. The maximum Gasteiger partial charge on any atom is 0.0245 e. The molecule has 3 rings (SSSR count). The summed E-state index contributed by atoms with van der Waals surface area (Å²) in [4.78, 5) is 6.69. The number of hydrogen-bond donors (Lipinski definition) is 0. The molecule has 1 aromatic heterocycles. The first-order chi connectivity index (χ1) is 10.8. The highest BCUT2D eigenvalue weighted by molar-refractivity contribution is 7.10. The molecule has 0 radical (unpaired) electrons. The summed E-state index contributed by atoms with van der Waals surface area (Å²) in [6.07, 6.45) is 1.17. The van der Waals surface area contributed by atoms with Gasteiger partial charge in [0, 0.05) is 44.1 Å². The van der Waals surface area contributed by atoms with Gasteiger partial charge in [0.25, 0.3) is 0 Å². The molecule has 0 N–H and O–H groups in total. The van der Waals surface area contributed by atoms with Crippen molar-refractivity contribution in [1.82, 2.24) is 9.80 Å². The fourth-order valence-corrected chi connectivity index (χ4v) is 4.28. The average Bonchev–Trinajstić information content (AvgIpc) is 2.90. The second-order valence-corrected chi connectivity index (χ2v) is 7.27. The summed E-state index contributed by atoms with van der Waals surface area (Å²) in [5.74, 6) is 0. The molecule has 1 aliphatic heterocycles. The summed E-state index contributed by atoms with van der Waals surface area (Å²) in [5.41, 5.74) is 4.57. The van der Waals surface area contributed by atoms with E-state index in [1.54, 1.807) is 11.1 Å². The molecule has 118 valence electrons. The lowest BCUT2D eigenvalue weighted by Gasteiger charge is -2.34. The van der Waals surface area contributed by atoms with E-state index in [1.807, 2.05) is 11.3 Å². The minimum atomic E-state index is 1.09. The van der Waals surface area contributed by atoms with Crippen LogP contribution in [0.25, 0.3) is 0 Å². The summed E-state index contributed by atoms with van der Waals surface area (Å²) >= 11 is 1.91. The molecule has 1 aliphatic rings. The Morgan fingerprint density at radius 3 is 2.23 bits per heavy atom. The Morgan fingerprint density at radius 1 is 0.955 bits per heavy atom. The summed E-state index contributed by atoms with van der Waals surface area (Å²) in [5, 5.41) is 2.37. The molecular formula is C19H26N2S. The summed E-state index contributed by atoms with van der Waals surface area (Å²) in [6, 6.07) is 10.8. The van der Waals surface area contributed by atoms with Gasteiger partial charge in [0.2, 0.25) is 0 Å². The fraction of sp³-hybridized carbons (Fsp3) is 0.474. The number of benzene rings is 1. The zero-order valence-electron chi connectivity index (χ0n) is 13.7. The van der Waals surface area contributed by atoms with Gasteiger partial charge in [-0.25, -0.2) is 0 Å². The van der Waals surface area contributed by atoms with Crippen molar-refractivity contribution in [3.05, 3.63) is 57.3 Å². The van der Waals surface area contributed by atoms with Crippen LogP contribution in [-0.4, -0.2) is 36.0 Å². The molecule has 22 heavy (non-hydrogen) atoms. The first-order valence-corrected chi connectivity index (χ1v) is 9.18. The van der Waals surface area contributed by atoms with Crippen LogP contribution in [-0.2, 0) is 19.5 Å². The SMILES string of the molecule is CCc1c(CN2CCN(Cc3ccccc3)CC2)csc1C. The van der Waals surface area contributed by atoms with Crippen molar-refractivity contribution in [3.8, 4) is 0 Å². The smallest absolute Gasteiger partial charge is 0.0245 e. The third-order valence-electron chi connectivity index (χ3n) is 4.65. The maximum absolute atomic E-state index is 2.61. The highest BCUT2D eigenvalue weighted by Crippen LogP contribution is 2.24. The molecule has 3 heteroatoms. The second kappa shape index (κ2) is 7.40. The van der Waals surface area contributed by atoms with E-state index in [4.69, 9.17) is 0 Å². The van der Waals surface area contributed by atoms with Gasteiger partial charge in [0.05, 0.1) is 0 Å². The molecular weight excluding hydrogens is 288 g/mol. The van der Waals surface area contributed by atoms with Crippen molar-refractivity contribution in [2.75, 3.05) is 26.2 Å². The normalized spacial score (nSPS) is 17.0. The molecule has 1 aromatic carbocycles. The van der Waals surface area contributed by atoms with Crippen LogP contribution in [0.2, 0.25) is 0 Å².